The van der Waals surface area contributed by atoms with Gasteiger partial charge in [0, 0.05) is 32.6 Å². The van der Waals surface area contributed by atoms with Gasteiger partial charge in [0.1, 0.15) is 0 Å². The maximum Gasteiger partial charge on any atom is 0.0964 e. The fraction of sp³-hybridized carbons (Fsp3) is 0.867. The van der Waals surface area contributed by atoms with Crippen molar-refractivity contribution >= 4 is 0 Å². The lowest BCUT2D eigenvalue weighted by atomic mass is 9.90. The monoisotopic (exact) mass is 292 g/mol. The van der Waals surface area contributed by atoms with Gasteiger partial charge in [-0.3, -0.25) is 0 Å². The summed E-state index contributed by atoms with van der Waals surface area (Å²) in [7, 11) is 0. The van der Waals surface area contributed by atoms with E-state index in [2.05, 4.69) is 21.8 Å². The molecule has 2 aliphatic heterocycles. The predicted octanol–water partition coefficient (Wildman–Crippen LogP) is 1.29. The third-order valence-corrected chi connectivity index (χ3v) is 4.90. The minimum Gasteiger partial charge on any atom is -0.378 e. The van der Waals surface area contributed by atoms with Crippen LogP contribution in [0.3, 0.4) is 0 Å². The largest absolute Gasteiger partial charge is 0.378 e. The van der Waals surface area contributed by atoms with Gasteiger partial charge in [0.2, 0.25) is 0 Å². The van der Waals surface area contributed by atoms with E-state index in [4.69, 9.17) is 9.47 Å². The molecule has 1 spiro atoms. The second-order valence-electron chi connectivity index (χ2n) is 6.74. The van der Waals surface area contributed by atoms with Gasteiger partial charge in [-0.1, -0.05) is 5.21 Å². The highest BCUT2D eigenvalue weighted by atomic mass is 16.6. The molecule has 1 aromatic rings. The van der Waals surface area contributed by atoms with Crippen LogP contribution in [0, 0.1) is 5.92 Å². The van der Waals surface area contributed by atoms with Crippen molar-refractivity contribution in [1.29, 1.82) is 0 Å². The van der Waals surface area contributed by atoms with Crippen molar-refractivity contribution in [3.8, 4) is 0 Å². The van der Waals surface area contributed by atoms with Crippen LogP contribution in [0.5, 0.6) is 0 Å². The first-order chi connectivity index (χ1) is 10.3. The molecular formula is C15H24N4O2. The summed E-state index contributed by atoms with van der Waals surface area (Å²) in [5, 5.41) is 12.1. The zero-order valence-corrected chi connectivity index (χ0v) is 12.5. The van der Waals surface area contributed by atoms with Crippen molar-refractivity contribution in [3.05, 3.63) is 11.9 Å². The number of hydrogen-bond acceptors (Lipinski definition) is 5. The molecule has 1 aliphatic carbocycles. The van der Waals surface area contributed by atoms with Gasteiger partial charge >= 0.3 is 0 Å². The Morgan fingerprint density at radius 1 is 1.33 bits per heavy atom. The molecule has 2 unspecified atom stereocenters. The molecule has 3 aliphatic rings. The van der Waals surface area contributed by atoms with Crippen LogP contribution in [0.25, 0.3) is 0 Å². The molecule has 0 bridgehead atoms. The summed E-state index contributed by atoms with van der Waals surface area (Å²) in [6.07, 6.45) is 7.87. The molecule has 1 N–H and O–H groups in total. The summed E-state index contributed by atoms with van der Waals surface area (Å²) in [5.41, 5.74) is 0.970. The number of nitrogens with zero attached hydrogens (tertiary/aromatic N) is 3. The molecule has 1 saturated carbocycles. The summed E-state index contributed by atoms with van der Waals surface area (Å²) >= 11 is 0. The zero-order chi connectivity index (χ0) is 14.1. The van der Waals surface area contributed by atoms with Gasteiger partial charge in [0.15, 0.2) is 0 Å². The van der Waals surface area contributed by atoms with Gasteiger partial charge in [-0.2, -0.15) is 0 Å². The molecular weight excluding hydrogens is 268 g/mol. The highest BCUT2D eigenvalue weighted by Crippen LogP contribution is 2.37. The van der Waals surface area contributed by atoms with E-state index >= 15 is 0 Å². The Kier molecular flexibility index (Phi) is 3.69. The third-order valence-electron chi connectivity index (χ3n) is 4.90. The molecule has 0 radical (unpaired) electrons. The average Bonchev–Trinajstić information content (AvgIpc) is 3.02. The van der Waals surface area contributed by atoms with E-state index in [1.165, 1.54) is 12.8 Å². The standard InChI is InChI=1S/C15H24N4O2/c1-2-12(1)8-16-9-13-10-19(18-17-13)14-3-5-21-15(7-14)4-6-20-11-15/h10,12,14,16H,1-9,11H2. The highest BCUT2D eigenvalue weighted by Gasteiger charge is 2.41. The summed E-state index contributed by atoms with van der Waals surface area (Å²) in [6, 6.07) is 0.394. The van der Waals surface area contributed by atoms with E-state index in [0.29, 0.717) is 6.04 Å². The van der Waals surface area contributed by atoms with Crippen LogP contribution >= 0.6 is 0 Å². The van der Waals surface area contributed by atoms with Gasteiger partial charge in [-0.15, -0.1) is 5.10 Å². The molecule has 4 rings (SSSR count). The van der Waals surface area contributed by atoms with E-state index in [1.807, 2.05) is 4.68 Å². The van der Waals surface area contributed by atoms with Crippen LogP contribution in [0.15, 0.2) is 6.20 Å². The van der Waals surface area contributed by atoms with Crippen molar-refractivity contribution in [2.24, 2.45) is 5.92 Å². The number of ether oxygens (including phenoxy) is 2. The molecule has 0 aromatic carbocycles. The Labute approximate surface area is 125 Å². The lowest BCUT2D eigenvalue weighted by molar-refractivity contribution is -0.0964. The van der Waals surface area contributed by atoms with E-state index in [9.17, 15) is 0 Å². The topological polar surface area (TPSA) is 61.2 Å². The van der Waals surface area contributed by atoms with Crippen molar-refractivity contribution in [1.82, 2.24) is 20.3 Å². The number of rotatable bonds is 5. The molecule has 6 nitrogen and oxygen atoms in total. The highest BCUT2D eigenvalue weighted by molar-refractivity contribution is 4.97. The van der Waals surface area contributed by atoms with Gasteiger partial charge in [0.05, 0.1) is 30.1 Å². The molecule has 116 valence electrons. The summed E-state index contributed by atoms with van der Waals surface area (Å²) in [5.74, 6) is 0.901. The fourth-order valence-corrected chi connectivity index (χ4v) is 3.39. The first kappa shape index (κ1) is 13.7. The first-order valence-corrected chi connectivity index (χ1v) is 8.16. The molecule has 2 saturated heterocycles. The predicted molar refractivity (Wildman–Crippen MR) is 76.8 cm³/mol. The van der Waals surface area contributed by atoms with Crippen molar-refractivity contribution in [2.75, 3.05) is 26.4 Å². The zero-order valence-electron chi connectivity index (χ0n) is 12.5. The lowest BCUT2D eigenvalue weighted by Crippen LogP contribution is -2.41. The fourth-order valence-electron chi connectivity index (χ4n) is 3.39. The van der Waals surface area contributed by atoms with Crippen molar-refractivity contribution in [3.63, 3.8) is 0 Å². The van der Waals surface area contributed by atoms with Crippen LogP contribution in [0.1, 0.15) is 43.8 Å². The molecule has 6 heteroatoms. The third kappa shape index (κ3) is 3.12. The Hall–Kier alpha value is -0.980. The average molecular weight is 292 g/mol. The van der Waals surface area contributed by atoms with Gasteiger partial charge in [0.25, 0.3) is 0 Å². The van der Waals surface area contributed by atoms with Crippen LogP contribution in [0.2, 0.25) is 0 Å². The molecule has 2 atom stereocenters. The van der Waals surface area contributed by atoms with E-state index in [-0.39, 0.29) is 5.60 Å². The van der Waals surface area contributed by atoms with Crippen LogP contribution in [-0.4, -0.2) is 47.0 Å². The second-order valence-corrected chi connectivity index (χ2v) is 6.74. The summed E-state index contributed by atoms with van der Waals surface area (Å²) in [6.45, 7) is 4.29. The SMILES string of the molecule is c1c(CNCC2CC2)nnn1C1CCOC2(CCOC2)C1. The molecule has 0 amide bonds. The van der Waals surface area contributed by atoms with Crippen LogP contribution < -0.4 is 5.32 Å². The van der Waals surface area contributed by atoms with Crippen LogP contribution in [0.4, 0.5) is 0 Å². The quantitative estimate of drug-likeness (QED) is 0.886. The van der Waals surface area contributed by atoms with Crippen molar-refractivity contribution in [2.45, 2.75) is 50.3 Å². The Morgan fingerprint density at radius 2 is 2.29 bits per heavy atom. The minimum atomic E-state index is -0.0702. The Balaban J connectivity index is 1.35. The minimum absolute atomic E-state index is 0.0702. The van der Waals surface area contributed by atoms with Gasteiger partial charge < -0.3 is 14.8 Å². The van der Waals surface area contributed by atoms with E-state index < -0.39 is 0 Å². The smallest absolute Gasteiger partial charge is 0.0964 e. The number of nitrogens with one attached hydrogen (secondary N) is 1. The second kappa shape index (κ2) is 5.66. The first-order valence-electron chi connectivity index (χ1n) is 8.16. The maximum atomic E-state index is 5.98. The van der Waals surface area contributed by atoms with Gasteiger partial charge in [-0.25, -0.2) is 4.68 Å². The molecule has 3 fully saturated rings. The van der Waals surface area contributed by atoms with E-state index in [0.717, 1.165) is 63.8 Å². The maximum absolute atomic E-state index is 5.98. The van der Waals surface area contributed by atoms with Crippen LogP contribution in [-0.2, 0) is 16.0 Å². The number of aromatic nitrogens is 3. The lowest BCUT2D eigenvalue weighted by Gasteiger charge is -2.36. The normalized spacial score (nSPS) is 32.9. The summed E-state index contributed by atoms with van der Waals surface area (Å²) in [4.78, 5) is 0. The Bertz CT molecular complexity index is 480. The number of hydrogen-bond donors (Lipinski definition) is 1. The van der Waals surface area contributed by atoms with E-state index in [1.54, 1.807) is 0 Å². The molecule has 1 aromatic heterocycles. The Morgan fingerprint density at radius 3 is 3.10 bits per heavy atom. The molecule has 3 heterocycles. The van der Waals surface area contributed by atoms with Crippen molar-refractivity contribution < 1.29 is 9.47 Å². The summed E-state index contributed by atoms with van der Waals surface area (Å²) < 4.78 is 13.6. The van der Waals surface area contributed by atoms with Gasteiger partial charge in [-0.05, 0) is 31.7 Å². The molecule has 21 heavy (non-hydrogen) atoms.